The first kappa shape index (κ1) is 11.0. The third-order valence-corrected chi connectivity index (χ3v) is 2.65. The highest BCUT2D eigenvalue weighted by Crippen LogP contribution is 2.33. The molecule has 0 amide bonds. The molecule has 1 aromatic rings. The highest BCUT2D eigenvalue weighted by molar-refractivity contribution is 5.16. The summed E-state index contributed by atoms with van der Waals surface area (Å²) in [6.07, 6.45) is 0.689. The Morgan fingerprint density at radius 3 is 2.81 bits per heavy atom. The highest BCUT2D eigenvalue weighted by Gasteiger charge is 2.26. The van der Waals surface area contributed by atoms with E-state index in [2.05, 4.69) is 10.3 Å². The van der Waals surface area contributed by atoms with E-state index >= 15 is 0 Å². The largest absolute Gasteiger partial charge is 0.257 e. The second kappa shape index (κ2) is 4.56. The first-order valence-electron chi connectivity index (χ1n) is 5.27. The lowest BCUT2D eigenvalue weighted by molar-refractivity contribution is 0.119. The van der Waals surface area contributed by atoms with Gasteiger partial charge in [0.15, 0.2) is 0 Å². The van der Waals surface area contributed by atoms with Gasteiger partial charge in [0.05, 0.1) is 23.9 Å². The zero-order valence-corrected chi connectivity index (χ0v) is 8.74. The molecule has 6 heteroatoms. The molecule has 0 radical (unpaired) electrons. The Balaban J connectivity index is 2.18. The van der Waals surface area contributed by atoms with Crippen LogP contribution in [0, 0.1) is 17.2 Å². The fourth-order valence-electron chi connectivity index (χ4n) is 1.68. The summed E-state index contributed by atoms with van der Waals surface area (Å²) in [5, 5.41) is 16.1. The minimum Gasteiger partial charge on any atom is -0.243 e. The van der Waals surface area contributed by atoms with Crippen molar-refractivity contribution < 1.29 is 8.78 Å². The minimum absolute atomic E-state index is 0.144. The fraction of sp³-hybridized carbons (Fsp3) is 0.700. The van der Waals surface area contributed by atoms with Crippen LogP contribution in [0.5, 0.6) is 0 Å². The number of aromatic nitrogens is 3. The molecule has 0 saturated heterocycles. The number of hydrogen-bond acceptors (Lipinski definition) is 3. The molecular formula is C10H12F2N4. The summed E-state index contributed by atoms with van der Waals surface area (Å²) in [5.74, 6) is 0.562. The number of nitrogens with zero attached hydrogens (tertiary/aromatic N) is 4. The smallest absolute Gasteiger partial charge is 0.243 e. The number of nitriles is 1. The van der Waals surface area contributed by atoms with Crippen LogP contribution in [-0.4, -0.2) is 21.4 Å². The number of hydrogen-bond donors (Lipinski definition) is 0. The Labute approximate surface area is 91.9 Å². The quantitative estimate of drug-likeness (QED) is 0.765. The molecule has 0 bridgehead atoms. The van der Waals surface area contributed by atoms with Crippen molar-refractivity contribution >= 4 is 0 Å². The van der Waals surface area contributed by atoms with E-state index in [1.165, 1.54) is 4.68 Å². The van der Waals surface area contributed by atoms with Gasteiger partial charge in [-0.2, -0.15) is 5.26 Å². The second-order valence-corrected chi connectivity index (χ2v) is 4.04. The molecule has 1 heterocycles. The van der Waals surface area contributed by atoms with Crippen LogP contribution in [0.2, 0.25) is 0 Å². The molecule has 1 aromatic heterocycles. The summed E-state index contributed by atoms with van der Waals surface area (Å²) < 4.78 is 25.8. The molecule has 1 aliphatic carbocycles. The van der Waals surface area contributed by atoms with Crippen LogP contribution in [-0.2, 0) is 19.4 Å². The first-order valence-corrected chi connectivity index (χ1v) is 5.27. The molecule has 16 heavy (non-hydrogen) atoms. The summed E-state index contributed by atoms with van der Waals surface area (Å²) in [4.78, 5) is 0. The van der Waals surface area contributed by atoms with E-state index in [1.54, 1.807) is 0 Å². The van der Waals surface area contributed by atoms with E-state index in [0.717, 1.165) is 19.3 Å². The van der Waals surface area contributed by atoms with Crippen LogP contribution in [0.15, 0.2) is 0 Å². The Bertz CT molecular complexity index is 403. The zero-order chi connectivity index (χ0) is 11.5. The van der Waals surface area contributed by atoms with Crippen LogP contribution < -0.4 is 0 Å². The number of rotatable bonds is 5. The predicted octanol–water partition coefficient (Wildman–Crippen LogP) is 1.56. The third-order valence-electron chi connectivity index (χ3n) is 2.65. The Kier molecular flexibility index (Phi) is 3.13. The number of halogens is 2. The fourth-order valence-corrected chi connectivity index (χ4v) is 1.68. The molecule has 0 unspecified atom stereocenters. The summed E-state index contributed by atoms with van der Waals surface area (Å²) in [6, 6.07) is 1.98. The van der Waals surface area contributed by atoms with Crippen LogP contribution in [0.25, 0.3) is 0 Å². The molecular weight excluding hydrogens is 214 g/mol. The average molecular weight is 226 g/mol. The topological polar surface area (TPSA) is 54.5 Å². The lowest BCUT2D eigenvalue weighted by Gasteiger charge is -2.05. The van der Waals surface area contributed by atoms with E-state index in [9.17, 15) is 8.78 Å². The van der Waals surface area contributed by atoms with Gasteiger partial charge >= 0.3 is 0 Å². The molecule has 0 N–H and O–H groups in total. The maximum absolute atomic E-state index is 12.3. The van der Waals surface area contributed by atoms with Crippen LogP contribution in [0.4, 0.5) is 8.78 Å². The van der Waals surface area contributed by atoms with Gasteiger partial charge in [-0.05, 0) is 25.2 Å². The molecule has 1 saturated carbocycles. The van der Waals surface area contributed by atoms with Crippen LogP contribution >= 0.6 is 0 Å². The van der Waals surface area contributed by atoms with Gasteiger partial charge in [-0.1, -0.05) is 5.21 Å². The molecule has 2 rings (SSSR count). The Morgan fingerprint density at radius 2 is 2.25 bits per heavy atom. The standard InChI is InChI=1S/C10H12F2N4/c11-10(12)6-16-9(5-7-1-2-7)8(3-4-13)14-15-16/h7,10H,1-3,5-6H2. The normalized spacial score (nSPS) is 15.4. The van der Waals surface area contributed by atoms with E-state index in [1.807, 2.05) is 6.07 Å². The van der Waals surface area contributed by atoms with Gasteiger partial charge in [0.2, 0.25) is 0 Å². The van der Waals surface area contributed by atoms with Gasteiger partial charge in [-0.25, -0.2) is 13.5 Å². The summed E-state index contributed by atoms with van der Waals surface area (Å²) in [7, 11) is 0. The molecule has 0 atom stereocenters. The highest BCUT2D eigenvalue weighted by atomic mass is 19.3. The van der Waals surface area contributed by atoms with E-state index in [-0.39, 0.29) is 6.42 Å². The molecule has 0 aromatic carbocycles. The van der Waals surface area contributed by atoms with Gasteiger partial charge in [0.25, 0.3) is 6.43 Å². The van der Waals surface area contributed by atoms with Gasteiger partial charge < -0.3 is 0 Å². The maximum atomic E-state index is 12.3. The van der Waals surface area contributed by atoms with Crippen molar-refractivity contribution in [3.8, 4) is 6.07 Å². The van der Waals surface area contributed by atoms with Crippen LogP contribution in [0.1, 0.15) is 24.2 Å². The van der Waals surface area contributed by atoms with Crippen molar-refractivity contribution in [2.24, 2.45) is 5.92 Å². The lowest BCUT2D eigenvalue weighted by atomic mass is 10.1. The molecule has 4 nitrogen and oxygen atoms in total. The monoisotopic (exact) mass is 226 g/mol. The maximum Gasteiger partial charge on any atom is 0.257 e. The Morgan fingerprint density at radius 1 is 1.50 bits per heavy atom. The minimum atomic E-state index is -2.44. The van der Waals surface area contributed by atoms with Gasteiger partial charge in [0, 0.05) is 0 Å². The number of alkyl halides is 2. The SMILES string of the molecule is N#CCc1nnn(CC(F)F)c1CC1CC1. The molecule has 1 aliphatic rings. The molecule has 0 spiro atoms. The van der Waals surface area contributed by atoms with E-state index in [0.29, 0.717) is 17.3 Å². The zero-order valence-electron chi connectivity index (χ0n) is 8.74. The molecule has 86 valence electrons. The third kappa shape index (κ3) is 2.54. The Hall–Kier alpha value is -1.51. The van der Waals surface area contributed by atoms with Crippen molar-refractivity contribution in [3.05, 3.63) is 11.4 Å². The second-order valence-electron chi connectivity index (χ2n) is 4.04. The first-order chi connectivity index (χ1) is 7.70. The van der Waals surface area contributed by atoms with E-state index < -0.39 is 13.0 Å². The lowest BCUT2D eigenvalue weighted by Crippen LogP contribution is -2.12. The summed E-state index contributed by atoms with van der Waals surface area (Å²) >= 11 is 0. The van der Waals surface area contributed by atoms with E-state index in [4.69, 9.17) is 5.26 Å². The van der Waals surface area contributed by atoms with Crippen molar-refractivity contribution in [1.82, 2.24) is 15.0 Å². The summed E-state index contributed by atoms with van der Waals surface area (Å²) in [6.45, 7) is -0.430. The van der Waals surface area contributed by atoms with Crippen LogP contribution in [0.3, 0.4) is 0 Å². The predicted molar refractivity (Wildman–Crippen MR) is 51.8 cm³/mol. The van der Waals surface area contributed by atoms with Crippen molar-refractivity contribution in [2.75, 3.05) is 0 Å². The van der Waals surface area contributed by atoms with Crippen molar-refractivity contribution in [3.63, 3.8) is 0 Å². The average Bonchev–Trinajstić information content (AvgIpc) is 2.96. The summed E-state index contributed by atoms with van der Waals surface area (Å²) in [5.41, 5.74) is 1.26. The molecule has 1 fully saturated rings. The van der Waals surface area contributed by atoms with Gasteiger partial charge in [0.1, 0.15) is 6.54 Å². The van der Waals surface area contributed by atoms with Gasteiger partial charge in [-0.15, -0.1) is 5.10 Å². The van der Waals surface area contributed by atoms with Gasteiger partial charge in [-0.3, -0.25) is 0 Å². The van der Waals surface area contributed by atoms with Crippen molar-refractivity contribution in [2.45, 2.75) is 38.7 Å². The van der Waals surface area contributed by atoms with Crippen molar-refractivity contribution in [1.29, 1.82) is 5.26 Å². The molecule has 0 aliphatic heterocycles.